The maximum absolute atomic E-state index is 13.6. The van der Waals surface area contributed by atoms with Gasteiger partial charge in [-0.05, 0) is 43.6 Å². The first-order valence-electron chi connectivity index (χ1n) is 10.8. The molecule has 2 aliphatic rings. The van der Waals surface area contributed by atoms with Crippen LogP contribution in [0.2, 0.25) is 0 Å². The second kappa shape index (κ2) is 9.14. The molecule has 1 aromatic rings. The third-order valence-corrected chi connectivity index (χ3v) is 8.75. The van der Waals surface area contributed by atoms with Crippen LogP contribution in [0.4, 0.5) is 0 Å². The van der Waals surface area contributed by atoms with Gasteiger partial charge < -0.3 is 4.90 Å². The number of rotatable bonds is 6. The van der Waals surface area contributed by atoms with Gasteiger partial charge in [0.05, 0.1) is 0 Å². The molecule has 6 nitrogen and oxygen atoms in total. The molecular weight excluding hydrogens is 386 g/mol. The number of nitrogens with zero attached hydrogens (tertiary/aromatic N) is 3. The summed E-state index contributed by atoms with van der Waals surface area (Å²) in [5.74, 6) is 0.501. The molecule has 0 aromatic heterocycles. The molecule has 1 amide bonds. The first-order chi connectivity index (χ1) is 13.7. The van der Waals surface area contributed by atoms with Crippen LogP contribution in [0.5, 0.6) is 0 Å². The summed E-state index contributed by atoms with van der Waals surface area (Å²) in [6.07, 6.45) is 5.38. The molecular formula is C22H35N3O3S. The van der Waals surface area contributed by atoms with Gasteiger partial charge in [-0.1, -0.05) is 43.7 Å². The Balaban J connectivity index is 1.67. The van der Waals surface area contributed by atoms with E-state index in [4.69, 9.17) is 0 Å². The zero-order valence-corrected chi connectivity index (χ0v) is 18.8. The van der Waals surface area contributed by atoms with Crippen molar-refractivity contribution in [3.8, 4) is 0 Å². The third kappa shape index (κ3) is 4.84. The van der Waals surface area contributed by atoms with Crippen LogP contribution in [-0.2, 0) is 21.4 Å². The van der Waals surface area contributed by atoms with E-state index in [0.29, 0.717) is 13.1 Å². The lowest BCUT2D eigenvalue weighted by Gasteiger charge is -2.42. The number of hydrogen-bond acceptors (Lipinski definition) is 3. The SMILES string of the molecule is CN(C)S(=O)(=O)N1CCC(C2(C)CCCCN(CCc3ccccc3)C2=O)CC1. The number of carbonyl (C=O) groups excluding carboxylic acids is 1. The van der Waals surface area contributed by atoms with E-state index in [0.717, 1.165) is 51.6 Å². The Labute approximate surface area is 176 Å². The fourth-order valence-corrected chi connectivity index (χ4v) is 5.95. The summed E-state index contributed by atoms with van der Waals surface area (Å²) in [6.45, 7) is 4.70. The molecule has 162 valence electrons. The Hall–Kier alpha value is -1.44. The Kier molecular flexibility index (Phi) is 7.02. The van der Waals surface area contributed by atoms with Gasteiger partial charge in [0.1, 0.15) is 0 Å². The quantitative estimate of drug-likeness (QED) is 0.710. The molecule has 1 atom stereocenters. The van der Waals surface area contributed by atoms with Gasteiger partial charge in [0.15, 0.2) is 0 Å². The van der Waals surface area contributed by atoms with Crippen LogP contribution in [0, 0.1) is 11.3 Å². The van der Waals surface area contributed by atoms with Gasteiger partial charge >= 0.3 is 0 Å². The van der Waals surface area contributed by atoms with Crippen molar-refractivity contribution in [2.24, 2.45) is 11.3 Å². The molecule has 0 bridgehead atoms. The molecule has 0 aliphatic carbocycles. The zero-order chi connectivity index (χ0) is 21.1. The normalized spacial score (nSPS) is 25.4. The fourth-order valence-electron chi connectivity index (χ4n) is 4.82. The minimum atomic E-state index is -3.37. The number of benzene rings is 1. The van der Waals surface area contributed by atoms with Crippen LogP contribution < -0.4 is 0 Å². The van der Waals surface area contributed by atoms with Crippen molar-refractivity contribution in [1.29, 1.82) is 0 Å². The van der Waals surface area contributed by atoms with Crippen molar-refractivity contribution >= 4 is 16.1 Å². The Morgan fingerprint density at radius 2 is 1.72 bits per heavy atom. The molecule has 2 heterocycles. The molecule has 0 radical (unpaired) electrons. The summed E-state index contributed by atoms with van der Waals surface area (Å²) in [5.41, 5.74) is 0.870. The highest BCUT2D eigenvalue weighted by Gasteiger charge is 2.46. The first kappa shape index (κ1) is 22.2. The van der Waals surface area contributed by atoms with Gasteiger partial charge in [-0.15, -0.1) is 0 Å². The van der Waals surface area contributed by atoms with Crippen molar-refractivity contribution in [3.05, 3.63) is 35.9 Å². The fraction of sp³-hybridized carbons (Fsp3) is 0.682. The van der Waals surface area contributed by atoms with E-state index in [-0.39, 0.29) is 17.2 Å². The standard InChI is InChI=1S/C22H35N3O3S/c1-22(20-12-17-25(18-13-20)29(27,28)23(2)3)14-7-8-15-24(21(22)26)16-11-19-9-5-4-6-10-19/h4-6,9-10,20H,7-8,11-18H2,1-3H3. The minimum Gasteiger partial charge on any atom is -0.342 e. The monoisotopic (exact) mass is 421 g/mol. The molecule has 0 N–H and O–H groups in total. The van der Waals surface area contributed by atoms with E-state index in [1.165, 1.54) is 9.87 Å². The molecule has 1 aromatic carbocycles. The van der Waals surface area contributed by atoms with Gasteiger partial charge in [0, 0.05) is 45.7 Å². The van der Waals surface area contributed by atoms with Crippen molar-refractivity contribution < 1.29 is 13.2 Å². The predicted octanol–water partition coefficient (Wildman–Crippen LogP) is 2.77. The second-order valence-electron chi connectivity index (χ2n) is 8.87. The van der Waals surface area contributed by atoms with Crippen LogP contribution in [0.15, 0.2) is 30.3 Å². The Morgan fingerprint density at radius 3 is 2.34 bits per heavy atom. The van der Waals surface area contributed by atoms with Crippen LogP contribution in [-0.4, -0.2) is 68.1 Å². The largest absolute Gasteiger partial charge is 0.342 e. The average Bonchev–Trinajstić information content (AvgIpc) is 2.87. The van der Waals surface area contributed by atoms with Crippen molar-refractivity contribution in [2.75, 3.05) is 40.3 Å². The lowest BCUT2D eigenvalue weighted by molar-refractivity contribution is -0.144. The molecule has 0 saturated carbocycles. The van der Waals surface area contributed by atoms with Crippen LogP contribution in [0.3, 0.4) is 0 Å². The van der Waals surface area contributed by atoms with E-state index >= 15 is 0 Å². The molecule has 3 rings (SSSR count). The van der Waals surface area contributed by atoms with Gasteiger partial charge in [0.25, 0.3) is 10.2 Å². The first-order valence-corrected chi connectivity index (χ1v) is 12.2. The van der Waals surface area contributed by atoms with E-state index in [1.54, 1.807) is 18.4 Å². The van der Waals surface area contributed by atoms with Crippen LogP contribution in [0.25, 0.3) is 0 Å². The summed E-state index contributed by atoms with van der Waals surface area (Å²) in [5, 5.41) is 0. The van der Waals surface area contributed by atoms with Crippen molar-refractivity contribution in [1.82, 2.24) is 13.5 Å². The van der Waals surface area contributed by atoms with Crippen molar-refractivity contribution in [2.45, 2.75) is 45.4 Å². The molecule has 2 saturated heterocycles. The summed E-state index contributed by atoms with van der Waals surface area (Å²) >= 11 is 0. The number of likely N-dealkylation sites (tertiary alicyclic amines) is 1. The van der Waals surface area contributed by atoms with E-state index < -0.39 is 10.2 Å². The zero-order valence-electron chi connectivity index (χ0n) is 18.0. The third-order valence-electron chi connectivity index (χ3n) is 6.81. The Morgan fingerprint density at radius 1 is 1.07 bits per heavy atom. The maximum atomic E-state index is 13.6. The van der Waals surface area contributed by atoms with E-state index in [2.05, 4.69) is 24.0 Å². The second-order valence-corrected chi connectivity index (χ2v) is 11.0. The highest BCUT2D eigenvalue weighted by molar-refractivity contribution is 7.86. The van der Waals surface area contributed by atoms with Gasteiger partial charge in [-0.25, -0.2) is 0 Å². The van der Waals surface area contributed by atoms with Crippen LogP contribution in [0.1, 0.15) is 44.6 Å². The summed E-state index contributed by atoms with van der Waals surface area (Å²) in [7, 11) is -0.230. The highest BCUT2D eigenvalue weighted by atomic mass is 32.2. The van der Waals surface area contributed by atoms with Gasteiger partial charge in [0.2, 0.25) is 5.91 Å². The summed E-state index contributed by atoms with van der Waals surface area (Å²) in [4.78, 5) is 15.6. The van der Waals surface area contributed by atoms with E-state index in [1.807, 2.05) is 18.2 Å². The summed E-state index contributed by atoms with van der Waals surface area (Å²) < 4.78 is 27.7. The lowest BCUT2D eigenvalue weighted by atomic mass is 9.69. The average molecular weight is 422 g/mol. The molecule has 29 heavy (non-hydrogen) atoms. The molecule has 0 spiro atoms. The Bertz CT molecular complexity index is 789. The minimum absolute atomic E-state index is 0.237. The molecule has 2 fully saturated rings. The summed E-state index contributed by atoms with van der Waals surface area (Å²) in [6, 6.07) is 10.3. The number of hydrogen-bond donors (Lipinski definition) is 0. The van der Waals surface area contributed by atoms with Gasteiger partial charge in [-0.2, -0.15) is 17.0 Å². The topological polar surface area (TPSA) is 60.9 Å². The lowest BCUT2D eigenvalue weighted by Crippen LogP contribution is -2.51. The smallest absolute Gasteiger partial charge is 0.281 e. The predicted molar refractivity (Wildman–Crippen MR) is 116 cm³/mol. The highest BCUT2D eigenvalue weighted by Crippen LogP contribution is 2.43. The van der Waals surface area contributed by atoms with Crippen molar-refractivity contribution in [3.63, 3.8) is 0 Å². The number of amides is 1. The maximum Gasteiger partial charge on any atom is 0.281 e. The molecule has 2 aliphatic heterocycles. The van der Waals surface area contributed by atoms with Gasteiger partial charge in [-0.3, -0.25) is 4.79 Å². The molecule has 7 heteroatoms. The number of piperidine rings is 1. The van der Waals surface area contributed by atoms with Crippen LogP contribution >= 0.6 is 0 Å². The molecule has 1 unspecified atom stereocenters. The number of carbonyl (C=O) groups is 1. The van der Waals surface area contributed by atoms with E-state index in [9.17, 15) is 13.2 Å².